The molecule has 1 aromatic heterocycles. The molecular formula is C17H22N2O2. The van der Waals surface area contributed by atoms with Gasteiger partial charge in [-0.25, -0.2) is 0 Å². The minimum Gasteiger partial charge on any atom is -0.494 e. The summed E-state index contributed by atoms with van der Waals surface area (Å²) < 4.78 is 7.21. The number of rotatable bonds is 6. The molecule has 0 aliphatic heterocycles. The van der Waals surface area contributed by atoms with E-state index >= 15 is 0 Å². The maximum absolute atomic E-state index is 12.3. The van der Waals surface area contributed by atoms with Crippen molar-refractivity contribution < 1.29 is 4.74 Å². The Morgan fingerprint density at radius 2 is 1.90 bits per heavy atom. The van der Waals surface area contributed by atoms with Gasteiger partial charge in [-0.1, -0.05) is 25.1 Å². The number of nitrogens with zero attached hydrogens (tertiary/aromatic N) is 1. The average molecular weight is 286 g/mol. The van der Waals surface area contributed by atoms with Crippen LogP contribution in [0.25, 0.3) is 0 Å². The SMILES string of the molecule is CCCOc1ccc(C(N)c2cccn(CC)c2=O)cc1. The standard InChI is InChI=1S/C17H22N2O2/c1-3-12-21-14-9-7-13(8-10-14)16(18)15-6-5-11-19(4-2)17(15)20/h5-11,16H,3-4,12,18H2,1-2H3. The fourth-order valence-corrected chi connectivity index (χ4v) is 2.21. The second-order valence-corrected chi connectivity index (χ2v) is 4.95. The minimum atomic E-state index is -0.420. The van der Waals surface area contributed by atoms with Gasteiger partial charge in [0.15, 0.2) is 0 Å². The largest absolute Gasteiger partial charge is 0.494 e. The van der Waals surface area contributed by atoms with Crippen molar-refractivity contribution in [2.24, 2.45) is 5.73 Å². The number of nitrogens with two attached hydrogens (primary N) is 1. The summed E-state index contributed by atoms with van der Waals surface area (Å²) in [5.74, 6) is 0.826. The van der Waals surface area contributed by atoms with E-state index in [9.17, 15) is 4.79 Å². The van der Waals surface area contributed by atoms with Crippen LogP contribution >= 0.6 is 0 Å². The van der Waals surface area contributed by atoms with Gasteiger partial charge in [-0.15, -0.1) is 0 Å². The lowest BCUT2D eigenvalue weighted by molar-refractivity contribution is 0.317. The van der Waals surface area contributed by atoms with E-state index in [4.69, 9.17) is 10.5 Å². The first-order valence-electron chi connectivity index (χ1n) is 7.35. The van der Waals surface area contributed by atoms with E-state index in [0.29, 0.717) is 18.7 Å². The molecule has 0 saturated carbocycles. The van der Waals surface area contributed by atoms with E-state index in [1.807, 2.05) is 37.3 Å². The minimum absolute atomic E-state index is 0.0289. The van der Waals surface area contributed by atoms with Crippen LogP contribution in [-0.2, 0) is 6.54 Å². The Morgan fingerprint density at radius 3 is 2.52 bits per heavy atom. The number of aryl methyl sites for hydroxylation is 1. The molecule has 2 aromatic rings. The monoisotopic (exact) mass is 286 g/mol. The van der Waals surface area contributed by atoms with E-state index < -0.39 is 6.04 Å². The molecule has 4 nitrogen and oxygen atoms in total. The fourth-order valence-electron chi connectivity index (χ4n) is 2.21. The lowest BCUT2D eigenvalue weighted by atomic mass is 10.0. The average Bonchev–Trinajstić information content (AvgIpc) is 2.53. The van der Waals surface area contributed by atoms with Crippen molar-refractivity contribution in [1.29, 1.82) is 0 Å². The van der Waals surface area contributed by atoms with Crippen LogP contribution in [-0.4, -0.2) is 11.2 Å². The molecule has 1 unspecified atom stereocenters. The Bertz CT molecular complexity index is 632. The third kappa shape index (κ3) is 3.52. The molecule has 2 rings (SSSR count). The molecule has 0 bridgehead atoms. The van der Waals surface area contributed by atoms with Crippen LogP contribution in [0.2, 0.25) is 0 Å². The highest BCUT2D eigenvalue weighted by Crippen LogP contribution is 2.20. The molecule has 0 radical (unpaired) electrons. The van der Waals surface area contributed by atoms with Crippen molar-refractivity contribution in [2.45, 2.75) is 32.9 Å². The second kappa shape index (κ2) is 7.09. The fraction of sp³-hybridized carbons (Fsp3) is 0.353. The lowest BCUT2D eigenvalue weighted by Crippen LogP contribution is -2.27. The maximum atomic E-state index is 12.3. The Labute approximate surface area is 125 Å². The summed E-state index contributed by atoms with van der Waals surface area (Å²) >= 11 is 0. The molecule has 0 aliphatic rings. The Hall–Kier alpha value is -2.07. The quantitative estimate of drug-likeness (QED) is 0.888. The molecule has 21 heavy (non-hydrogen) atoms. The number of pyridine rings is 1. The van der Waals surface area contributed by atoms with E-state index in [2.05, 4.69) is 6.92 Å². The second-order valence-electron chi connectivity index (χ2n) is 4.95. The molecule has 1 atom stereocenters. The topological polar surface area (TPSA) is 57.2 Å². The number of hydrogen-bond acceptors (Lipinski definition) is 3. The molecule has 4 heteroatoms. The summed E-state index contributed by atoms with van der Waals surface area (Å²) in [7, 11) is 0. The van der Waals surface area contributed by atoms with E-state index in [0.717, 1.165) is 17.7 Å². The van der Waals surface area contributed by atoms with Gasteiger partial charge in [0.25, 0.3) is 5.56 Å². The Morgan fingerprint density at radius 1 is 1.19 bits per heavy atom. The van der Waals surface area contributed by atoms with Crippen LogP contribution in [0.15, 0.2) is 47.4 Å². The Balaban J connectivity index is 2.24. The summed E-state index contributed by atoms with van der Waals surface area (Å²) in [5.41, 5.74) is 7.73. The van der Waals surface area contributed by atoms with Crippen molar-refractivity contribution >= 4 is 0 Å². The van der Waals surface area contributed by atoms with Gasteiger partial charge in [-0.3, -0.25) is 4.79 Å². The van der Waals surface area contributed by atoms with Crippen LogP contribution in [0.5, 0.6) is 5.75 Å². The van der Waals surface area contributed by atoms with Gasteiger partial charge in [0, 0.05) is 18.3 Å². The number of benzene rings is 1. The number of hydrogen-bond donors (Lipinski definition) is 1. The highest BCUT2D eigenvalue weighted by molar-refractivity contribution is 5.34. The predicted octanol–water partition coefficient (Wildman–Crippen LogP) is 2.71. The van der Waals surface area contributed by atoms with Crippen LogP contribution < -0.4 is 16.0 Å². The van der Waals surface area contributed by atoms with Crippen LogP contribution in [0.4, 0.5) is 0 Å². The summed E-state index contributed by atoms with van der Waals surface area (Å²) in [4.78, 5) is 12.3. The molecule has 0 aliphatic carbocycles. The zero-order valence-electron chi connectivity index (χ0n) is 12.6. The predicted molar refractivity (Wildman–Crippen MR) is 84.6 cm³/mol. The van der Waals surface area contributed by atoms with Gasteiger partial charge >= 0.3 is 0 Å². The zero-order valence-corrected chi connectivity index (χ0v) is 12.6. The molecule has 2 N–H and O–H groups in total. The van der Waals surface area contributed by atoms with Gasteiger partial charge in [-0.05, 0) is 37.1 Å². The van der Waals surface area contributed by atoms with Crippen LogP contribution in [0, 0.1) is 0 Å². The van der Waals surface area contributed by atoms with Gasteiger partial charge in [0.05, 0.1) is 12.6 Å². The first-order chi connectivity index (χ1) is 10.2. The normalized spacial score (nSPS) is 12.1. The molecular weight excluding hydrogens is 264 g/mol. The van der Waals surface area contributed by atoms with Crippen LogP contribution in [0.1, 0.15) is 37.4 Å². The van der Waals surface area contributed by atoms with Crippen LogP contribution in [0.3, 0.4) is 0 Å². The molecule has 0 saturated heterocycles. The number of ether oxygens (including phenoxy) is 1. The van der Waals surface area contributed by atoms with Gasteiger partial charge in [-0.2, -0.15) is 0 Å². The molecule has 112 valence electrons. The summed E-state index contributed by atoms with van der Waals surface area (Å²) in [6.45, 7) is 5.35. The molecule has 0 spiro atoms. The zero-order chi connectivity index (χ0) is 15.2. The van der Waals surface area contributed by atoms with Crippen molar-refractivity contribution in [3.05, 3.63) is 64.1 Å². The van der Waals surface area contributed by atoms with Crippen molar-refractivity contribution in [2.75, 3.05) is 6.61 Å². The Kier molecular flexibility index (Phi) is 5.17. The molecule has 1 heterocycles. The van der Waals surface area contributed by atoms with Crippen molar-refractivity contribution in [3.63, 3.8) is 0 Å². The van der Waals surface area contributed by atoms with E-state index in [1.165, 1.54) is 0 Å². The maximum Gasteiger partial charge on any atom is 0.255 e. The first kappa shape index (κ1) is 15.3. The third-order valence-corrected chi connectivity index (χ3v) is 3.44. The van der Waals surface area contributed by atoms with Crippen molar-refractivity contribution in [1.82, 2.24) is 4.57 Å². The van der Waals surface area contributed by atoms with Gasteiger partial charge in [0.1, 0.15) is 5.75 Å². The highest BCUT2D eigenvalue weighted by Gasteiger charge is 2.13. The first-order valence-corrected chi connectivity index (χ1v) is 7.35. The molecule has 0 amide bonds. The summed E-state index contributed by atoms with van der Waals surface area (Å²) in [6, 6.07) is 10.9. The van der Waals surface area contributed by atoms with E-state index in [1.54, 1.807) is 16.8 Å². The van der Waals surface area contributed by atoms with Gasteiger partial charge < -0.3 is 15.0 Å². The van der Waals surface area contributed by atoms with E-state index in [-0.39, 0.29) is 5.56 Å². The number of aromatic nitrogens is 1. The lowest BCUT2D eigenvalue weighted by Gasteiger charge is -2.14. The summed E-state index contributed by atoms with van der Waals surface area (Å²) in [6.07, 6.45) is 2.75. The highest BCUT2D eigenvalue weighted by atomic mass is 16.5. The molecule has 1 aromatic carbocycles. The third-order valence-electron chi connectivity index (χ3n) is 3.44. The van der Waals surface area contributed by atoms with Gasteiger partial charge in [0.2, 0.25) is 0 Å². The van der Waals surface area contributed by atoms with Crippen molar-refractivity contribution in [3.8, 4) is 5.75 Å². The summed E-state index contributed by atoms with van der Waals surface area (Å²) in [5, 5.41) is 0. The molecule has 0 fully saturated rings. The smallest absolute Gasteiger partial charge is 0.255 e.